The van der Waals surface area contributed by atoms with E-state index in [4.69, 9.17) is 0 Å². The lowest BCUT2D eigenvalue weighted by Crippen LogP contribution is -2.26. The first-order valence-corrected chi connectivity index (χ1v) is 12.9. The van der Waals surface area contributed by atoms with E-state index >= 15 is 0 Å². The summed E-state index contributed by atoms with van der Waals surface area (Å²) in [7, 11) is 0. The molecule has 0 atom stereocenters. The van der Waals surface area contributed by atoms with E-state index in [1.165, 1.54) is 0 Å². The number of hydrogen-bond acceptors (Lipinski definition) is 9. The normalized spacial score (nSPS) is 12.7. The Morgan fingerprint density at radius 2 is 1.37 bits per heavy atom. The zero-order valence-electron chi connectivity index (χ0n) is 21.7. The second-order valence-corrected chi connectivity index (χ2v) is 8.64. The molecule has 1 aromatic carbocycles. The minimum absolute atomic E-state index is 0.0182. The summed E-state index contributed by atoms with van der Waals surface area (Å²) in [4.78, 5) is 30.2. The fraction of sp³-hybridized carbons (Fsp3) is 0.600. The summed E-state index contributed by atoms with van der Waals surface area (Å²) in [6.45, 7) is 16.6. The number of hydrogen-bond donors (Lipinski definition) is 4. The van der Waals surface area contributed by atoms with E-state index in [0.717, 1.165) is 82.1 Å². The predicted molar refractivity (Wildman–Crippen MR) is 144 cm³/mol. The van der Waals surface area contributed by atoms with Crippen LogP contribution in [0.1, 0.15) is 46.1 Å². The van der Waals surface area contributed by atoms with Crippen LogP contribution in [0.15, 0.2) is 18.2 Å². The van der Waals surface area contributed by atoms with Crippen LogP contribution in [0.25, 0.3) is 0 Å². The molecule has 0 saturated carbocycles. The Morgan fingerprint density at radius 3 is 1.91 bits per heavy atom. The highest BCUT2D eigenvalue weighted by molar-refractivity contribution is 5.99. The van der Waals surface area contributed by atoms with Gasteiger partial charge in [0.05, 0.1) is 6.42 Å². The Hall–Kier alpha value is -2.98. The standard InChI is InChI=1S/C25H41N9O/c1-5-33(6-2)15-9-13-26-23-30-24(27-14-10-16-34(7-3)8-4)32-25(31-23)28-20-12-11-19-17-22(35)29-21(19)18-20/h11-12,18H,5-10,13-17H2,1-4H3,(H,29,35)(H3,26,27,28,30,31,32). The molecule has 1 aromatic heterocycles. The summed E-state index contributed by atoms with van der Waals surface area (Å²) in [6, 6.07) is 5.81. The van der Waals surface area contributed by atoms with Crippen molar-refractivity contribution in [3.8, 4) is 0 Å². The molecular formula is C25H41N9O. The molecule has 3 rings (SSSR count). The maximum atomic E-state index is 11.7. The van der Waals surface area contributed by atoms with Gasteiger partial charge in [0.25, 0.3) is 0 Å². The molecule has 0 radical (unpaired) electrons. The van der Waals surface area contributed by atoms with Gasteiger partial charge in [-0.2, -0.15) is 15.0 Å². The van der Waals surface area contributed by atoms with E-state index < -0.39 is 0 Å². The molecule has 4 N–H and O–H groups in total. The summed E-state index contributed by atoms with van der Waals surface area (Å²) < 4.78 is 0. The molecule has 1 amide bonds. The quantitative estimate of drug-likeness (QED) is 0.267. The number of anilines is 5. The monoisotopic (exact) mass is 483 g/mol. The number of fused-ring (bicyclic) bond motifs is 1. The van der Waals surface area contributed by atoms with Crippen molar-refractivity contribution in [2.45, 2.75) is 47.0 Å². The molecule has 0 saturated heterocycles. The van der Waals surface area contributed by atoms with Gasteiger partial charge < -0.3 is 31.1 Å². The third kappa shape index (κ3) is 8.32. The van der Waals surface area contributed by atoms with Gasteiger partial charge in [-0.1, -0.05) is 33.8 Å². The van der Waals surface area contributed by atoms with Crippen LogP contribution in [-0.4, -0.2) is 83.0 Å². The SMILES string of the molecule is CCN(CC)CCCNc1nc(NCCCN(CC)CC)nc(Nc2ccc3c(c2)NC(=O)C3)n1. The fourth-order valence-corrected chi connectivity index (χ4v) is 4.10. The zero-order valence-corrected chi connectivity index (χ0v) is 21.7. The van der Waals surface area contributed by atoms with E-state index in [1.807, 2.05) is 18.2 Å². The van der Waals surface area contributed by atoms with Crippen molar-refractivity contribution in [1.82, 2.24) is 24.8 Å². The van der Waals surface area contributed by atoms with Crippen molar-refractivity contribution in [2.75, 3.05) is 73.6 Å². The van der Waals surface area contributed by atoms with Crippen LogP contribution in [0.2, 0.25) is 0 Å². The minimum Gasteiger partial charge on any atom is -0.354 e. The Bertz CT molecular complexity index is 906. The van der Waals surface area contributed by atoms with Crippen molar-refractivity contribution in [1.29, 1.82) is 0 Å². The highest BCUT2D eigenvalue weighted by atomic mass is 16.1. The Kier molecular flexibility index (Phi) is 10.5. The van der Waals surface area contributed by atoms with E-state index in [1.54, 1.807) is 0 Å². The Morgan fingerprint density at radius 1 is 0.829 bits per heavy atom. The Balaban J connectivity index is 1.65. The summed E-state index contributed by atoms with van der Waals surface area (Å²) in [6.07, 6.45) is 2.44. The van der Waals surface area contributed by atoms with Crippen molar-refractivity contribution >= 4 is 35.1 Å². The number of nitrogens with one attached hydrogen (secondary N) is 4. The van der Waals surface area contributed by atoms with Gasteiger partial charge in [0.2, 0.25) is 23.8 Å². The van der Waals surface area contributed by atoms with Crippen molar-refractivity contribution in [3.05, 3.63) is 23.8 Å². The second-order valence-electron chi connectivity index (χ2n) is 8.64. The van der Waals surface area contributed by atoms with E-state index in [0.29, 0.717) is 24.3 Å². The molecule has 0 bridgehead atoms. The number of aromatic nitrogens is 3. The molecule has 10 heteroatoms. The van der Waals surface area contributed by atoms with Crippen LogP contribution in [0.5, 0.6) is 0 Å². The third-order valence-corrected chi connectivity index (χ3v) is 6.28. The van der Waals surface area contributed by atoms with Crippen LogP contribution >= 0.6 is 0 Å². The van der Waals surface area contributed by atoms with Gasteiger partial charge >= 0.3 is 0 Å². The molecule has 1 aliphatic heterocycles. The molecule has 0 fully saturated rings. The van der Waals surface area contributed by atoms with Gasteiger partial charge in [0, 0.05) is 24.5 Å². The molecular weight excluding hydrogens is 442 g/mol. The summed E-state index contributed by atoms with van der Waals surface area (Å²) in [5.41, 5.74) is 2.65. The lowest BCUT2D eigenvalue weighted by atomic mass is 10.1. The summed E-state index contributed by atoms with van der Waals surface area (Å²) in [5, 5.41) is 12.9. The van der Waals surface area contributed by atoms with E-state index in [-0.39, 0.29) is 5.91 Å². The number of carbonyl (C=O) groups excluding carboxylic acids is 1. The van der Waals surface area contributed by atoms with Crippen molar-refractivity contribution in [3.63, 3.8) is 0 Å². The van der Waals surface area contributed by atoms with Crippen LogP contribution in [-0.2, 0) is 11.2 Å². The molecule has 10 nitrogen and oxygen atoms in total. The van der Waals surface area contributed by atoms with E-state index in [9.17, 15) is 4.79 Å². The largest absolute Gasteiger partial charge is 0.354 e. The zero-order chi connectivity index (χ0) is 25.0. The van der Waals surface area contributed by atoms with Crippen LogP contribution in [0.4, 0.5) is 29.2 Å². The van der Waals surface area contributed by atoms with Crippen LogP contribution in [0, 0.1) is 0 Å². The number of nitrogens with zero attached hydrogens (tertiary/aromatic N) is 5. The van der Waals surface area contributed by atoms with Gasteiger partial charge in [-0.05, 0) is 69.8 Å². The number of carbonyl (C=O) groups is 1. The highest BCUT2D eigenvalue weighted by Crippen LogP contribution is 2.27. The lowest BCUT2D eigenvalue weighted by molar-refractivity contribution is -0.115. The number of rotatable bonds is 16. The second kappa shape index (κ2) is 13.8. The predicted octanol–water partition coefficient (Wildman–Crippen LogP) is 3.40. The number of benzene rings is 1. The fourth-order valence-electron chi connectivity index (χ4n) is 4.10. The maximum absolute atomic E-state index is 11.7. The highest BCUT2D eigenvalue weighted by Gasteiger charge is 2.18. The van der Waals surface area contributed by atoms with Gasteiger partial charge in [-0.3, -0.25) is 4.79 Å². The molecule has 192 valence electrons. The van der Waals surface area contributed by atoms with E-state index in [2.05, 4.69) is 73.7 Å². The van der Waals surface area contributed by atoms with Gasteiger partial charge in [-0.15, -0.1) is 0 Å². The average Bonchev–Trinajstić information content (AvgIpc) is 3.23. The topological polar surface area (TPSA) is 110 Å². The molecule has 0 unspecified atom stereocenters. The minimum atomic E-state index is 0.0182. The van der Waals surface area contributed by atoms with Crippen molar-refractivity contribution < 1.29 is 4.79 Å². The summed E-state index contributed by atoms with van der Waals surface area (Å²) >= 11 is 0. The average molecular weight is 484 g/mol. The summed E-state index contributed by atoms with van der Waals surface area (Å²) in [5.74, 6) is 1.57. The van der Waals surface area contributed by atoms with Crippen LogP contribution < -0.4 is 21.3 Å². The lowest BCUT2D eigenvalue weighted by Gasteiger charge is -2.18. The molecule has 0 aliphatic carbocycles. The van der Waals surface area contributed by atoms with Gasteiger partial charge in [0.15, 0.2) is 0 Å². The molecule has 2 heterocycles. The van der Waals surface area contributed by atoms with Crippen molar-refractivity contribution in [2.24, 2.45) is 0 Å². The first kappa shape index (κ1) is 26.6. The van der Waals surface area contributed by atoms with Gasteiger partial charge in [0.1, 0.15) is 0 Å². The smallest absolute Gasteiger partial charge is 0.233 e. The van der Waals surface area contributed by atoms with Gasteiger partial charge in [-0.25, -0.2) is 0 Å². The molecule has 0 spiro atoms. The third-order valence-electron chi connectivity index (χ3n) is 6.28. The number of amides is 1. The molecule has 1 aliphatic rings. The first-order valence-electron chi connectivity index (χ1n) is 12.9. The molecule has 2 aromatic rings. The molecule has 35 heavy (non-hydrogen) atoms. The van der Waals surface area contributed by atoms with Crippen LogP contribution in [0.3, 0.4) is 0 Å². The first-order chi connectivity index (χ1) is 17.0. The maximum Gasteiger partial charge on any atom is 0.233 e. The Labute approximate surface area is 209 Å².